The van der Waals surface area contributed by atoms with E-state index in [0.717, 1.165) is 30.5 Å². The van der Waals surface area contributed by atoms with Crippen LogP contribution in [0.25, 0.3) is 11.5 Å². The van der Waals surface area contributed by atoms with E-state index in [1.54, 1.807) is 6.92 Å². The Balaban J connectivity index is 1.94. The molecule has 1 aliphatic rings. The number of sulfone groups is 1. The Morgan fingerprint density at radius 1 is 1.40 bits per heavy atom. The molecule has 2 aromatic rings. The van der Waals surface area contributed by atoms with Crippen molar-refractivity contribution in [3.05, 3.63) is 29.6 Å². The van der Waals surface area contributed by atoms with Gasteiger partial charge in [0.2, 0.25) is 0 Å². The molecule has 3 rings (SSSR count). The average Bonchev–Trinajstić information content (AvgIpc) is 3.04. The summed E-state index contributed by atoms with van der Waals surface area (Å²) in [5, 5.41) is 6.27. The van der Waals surface area contributed by atoms with Crippen LogP contribution in [0.1, 0.15) is 23.6 Å². The minimum atomic E-state index is -3.23. The number of benzene rings is 1. The molecule has 0 aliphatic carbocycles. The van der Waals surface area contributed by atoms with Crippen LogP contribution in [0.2, 0.25) is 0 Å². The fourth-order valence-corrected chi connectivity index (χ4v) is 2.61. The number of nitrogens with zero attached hydrogens (tertiary/aromatic N) is 2. The SMILES string of the molecule is CC(c1noc(-c2ccc3c(c2)NCC3)n1)S(C)(=O)=O. The lowest BCUT2D eigenvalue weighted by Gasteiger charge is -2.02. The van der Waals surface area contributed by atoms with E-state index in [0.29, 0.717) is 5.89 Å². The fraction of sp³-hybridized carbons (Fsp3) is 0.385. The van der Waals surface area contributed by atoms with Crippen molar-refractivity contribution in [1.29, 1.82) is 0 Å². The standard InChI is InChI=1S/C13H15N3O3S/c1-8(20(2,17)18)12-15-13(19-16-12)10-4-3-9-5-6-14-11(9)7-10/h3-4,7-8,14H,5-6H2,1-2H3. The van der Waals surface area contributed by atoms with Gasteiger partial charge in [0, 0.05) is 24.1 Å². The van der Waals surface area contributed by atoms with Gasteiger partial charge in [0.25, 0.3) is 5.89 Å². The second-order valence-corrected chi connectivity index (χ2v) is 7.34. The first kappa shape index (κ1) is 13.1. The molecule has 1 aromatic heterocycles. The number of rotatable bonds is 3. The molecule has 0 amide bonds. The summed E-state index contributed by atoms with van der Waals surface area (Å²) >= 11 is 0. The Morgan fingerprint density at radius 3 is 2.95 bits per heavy atom. The first-order valence-electron chi connectivity index (χ1n) is 6.35. The molecule has 1 unspecified atom stereocenters. The van der Waals surface area contributed by atoms with Crippen molar-refractivity contribution in [2.45, 2.75) is 18.6 Å². The van der Waals surface area contributed by atoms with Crippen LogP contribution in [0, 0.1) is 0 Å². The first-order chi connectivity index (χ1) is 9.45. The average molecular weight is 293 g/mol. The molecule has 0 bridgehead atoms. The Morgan fingerprint density at radius 2 is 2.20 bits per heavy atom. The number of nitrogens with one attached hydrogen (secondary N) is 1. The number of aromatic nitrogens is 2. The Labute approximate surface area is 117 Å². The number of anilines is 1. The zero-order valence-corrected chi connectivity index (χ0v) is 12.1. The van der Waals surface area contributed by atoms with Crippen LogP contribution >= 0.6 is 0 Å². The van der Waals surface area contributed by atoms with Gasteiger partial charge < -0.3 is 9.84 Å². The number of hydrogen-bond donors (Lipinski definition) is 1. The van der Waals surface area contributed by atoms with Crippen LogP contribution in [0.15, 0.2) is 22.7 Å². The van der Waals surface area contributed by atoms with Crippen molar-refractivity contribution in [3.63, 3.8) is 0 Å². The first-order valence-corrected chi connectivity index (χ1v) is 8.30. The van der Waals surface area contributed by atoms with Crippen molar-refractivity contribution in [1.82, 2.24) is 10.1 Å². The summed E-state index contributed by atoms with van der Waals surface area (Å²) in [6, 6.07) is 5.88. The van der Waals surface area contributed by atoms with Gasteiger partial charge in [0.1, 0.15) is 5.25 Å². The molecule has 0 saturated carbocycles. The van der Waals surface area contributed by atoms with E-state index in [-0.39, 0.29) is 5.82 Å². The summed E-state index contributed by atoms with van der Waals surface area (Å²) in [4.78, 5) is 4.19. The normalized spacial score (nSPS) is 15.7. The lowest BCUT2D eigenvalue weighted by molar-refractivity contribution is 0.422. The third kappa shape index (κ3) is 2.29. The third-order valence-corrected chi connectivity index (χ3v) is 5.01. The van der Waals surface area contributed by atoms with E-state index in [4.69, 9.17) is 4.52 Å². The van der Waals surface area contributed by atoms with Crippen molar-refractivity contribution in [2.24, 2.45) is 0 Å². The van der Waals surface area contributed by atoms with E-state index >= 15 is 0 Å². The van der Waals surface area contributed by atoms with Gasteiger partial charge in [0.05, 0.1) is 0 Å². The van der Waals surface area contributed by atoms with Crippen molar-refractivity contribution < 1.29 is 12.9 Å². The van der Waals surface area contributed by atoms with E-state index in [1.165, 1.54) is 5.56 Å². The molecule has 20 heavy (non-hydrogen) atoms. The minimum Gasteiger partial charge on any atom is -0.384 e. The predicted molar refractivity (Wildman–Crippen MR) is 75.2 cm³/mol. The summed E-state index contributed by atoms with van der Waals surface area (Å²) in [6.45, 7) is 2.48. The molecule has 106 valence electrons. The van der Waals surface area contributed by atoms with E-state index in [2.05, 4.69) is 15.5 Å². The van der Waals surface area contributed by atoms with Crippen LogP contribution in [0.5, 0.6) is 0 Å². The summed E-state index contributed by atoms with van der Waals surface area (Å²) < 4.78 is 28.2. The molecule has 2 heterocycles. The van der Waals surface area contributed by atoms with Crippen molar-refractivity contribution in [3.8, 4) is 11.5 Å². The maximum Gasteiger partial charge on any atom is 0.258 e. The summed E-state index contributed by atoms with van der Waals surface area (Å²) in [6.07, 6.45) is 2.17. The van der Waals surface area contributed by atoms with E-state index in [1.807, 2.05) is 18.2 Å². The van der Waals surface area contributed by atoms with Crippen LogP contribution in [0.3, 0.4) is 0 Å². The zero-order valence-electron chi connectivity index (χ0n) is 11.3. The van der Waals surface area contributed by atoms with Crippen LogP contribution in [-0.4, -0.2) is 31.4 Å². The highest BCUT2D eigenvalue weighted by Gasteiger charge is 2.23. The Kier molecular flexibility index (Phi) is 3.01. The highest BCUT2D eigenvalue weighted by Crippen LogP contribution is 2.29. The molecule has 1 aromatic carbocycles. The van der Waals surface area contributed by atoms with Gasteiger partial charge in [0.15, 0.2) is 15.7 Å². The molecule has 0 fully saturated rings. The fourth-order valence-electron chi connectivity index (χ4n) is 2.13. The van der Waals surface area contributed by atoms with Gasteiger partial charge in [-0.15, -0.1) is 0 Å². The number of fused-ring (bicyclic) bond motifs is 1. The monoisotopic (exact) mass is 293 g/mol. The lowest BCUT2D eigenvalue weighted by Crippen LogP contribution is -2.09. The maximum atomic E-state index is 11.5. The topological polar surface area (TPSA) is 85.1 Å². The van der Waals surface area contributed by atoms with Gasteiger partial charge in [-0.05, 0) is 31.0 Å². The Hall–Kier alpha value is -1.89. The molecule has 7 heteroatoms. The third-order valence-electron chi connectivity index (χ3n) is 3.51. The lowest BCUT2D eigenvalue weighted by atomic mass is 10.1. The second kappa shape index (κ2) is 4.59. The summed E-state index contributed by atoms with van der Waals surface area (Å²) in [5.41, 5.74) is 3.12. The van der Waals surface area contributed by atoms with Gasteiger partial charge >= 0.3 is 0 Å². The van der Waals surface area contributed by atoms with E-state index in [9.17, 15) is 8.42 Å². The molecule has 1 N–H and O–H groups in total. The van der Waals surface area contributed by atoms with Gasteiger partial charge in [-0.1, -0.05) is 11.2 Å². The van der Waals surface area contributed by atoms with Crippen LogP contribution in [-0.2, 0) is 16.3 Å². The van der Waals surface area contributed by atoms with Crippen molar-refractivity contribution in [2.75, 3.05) is 18.1 Å². The van der Waals surface area contributed by atoms with Crippen LogP contribution in [0.4, 0.5) is 5.69 Å². The highest BCUT2D eigenvalue weighted by molar-refractivity contribution is 7.90. The molecule has 1 atom stereocenters. The summed E-state index contributed by atoms with van der Waals surface area (Å²) in [5.74, 6) is 0.531. The van der Waals surface area contributed by atoms with Crippen LogP contribution < -0.4 is 5.32 Å². The van der Waals surface area contributed by atoms with Crippen molar-refractivity contribution >= 4 is 15.5 Å². The van der Waals surface area contributed by atoms with Gasteiger partial charge in [-0.2, -0.15) is 4.98 Å². The molecule has 1 aliphatic heterocycles. The quantitative estimate of drug-likeness (QED) is 0.929. The van der Waals surface area contributed by atoms with Gasteiger partial charge in [-0.3, -0.25) is 0 Å². The van der Waals surface area contributed by atoms with E-state index < -0.39 is 15.1 Å². The molecule has 6 nitrogen and oxygen atoms in total. The summed E-state index contributed by atoms with van der Waals surface area (Å²) in [7, 11) is -3.23. The largest absolute Gasteiger partial charge is 0.384 e. The highest BCUT2D eigenvalue weighted by atomic mass is 32.2. The minimum absolute atomic E-state index is 0.191. The molecular weight excluding hydrogens is 278 g/mol. The second-order valence-electron chi connectivity index (χ2n) is 4.98. The predicted octanol–water partition coefficient (Wildman–Crippen LogP) is 1.81. The molecular formula is C13H15N3O3S. The number of hydrogen-bond acceptors (Lipinski definition) is 6. The molecule has 0 radical (unpaired) electrons. The molecule has 0 saturated heterocycles. The maximum absolute atomic E-state index is 11.5. The molecule has 0 spiro atoms. The smallest absolute Gasteiger partial charge is 0.258 e. The zero-order chi connectivity index (χ0) is 14.3. The van der Waals surface area contributed by atoms with Gasteiger partial charge in [-0.25, -0.2) is 8.42 Å². The Bertz CT molecular complexity index is 752.